The average molecular weight is 505 g/mol. The Morgan fingerprint density at radius 2 is 1.94 bits per heavy atom. The molecule has 0 spiro atoms. The molecule has 34 heavy (non-hydrogen) atoms. The van der Waals surface area contributed by atoms with E-state index >= 15 is 0 Å². The third-order valence-corrected chi connectivity index (χ3v) is 6.67. The minimum Gasteiger partial charge on any atom is -0.492 e. The van der Waals surface area contributed by atoms with Gasteiger partial charge in [0.05, 0.1) is 16.5 Å². The summed E-state index contributed by atoms with van der Waals surface area (Å²) in [5.41, 5.74) is 1.56. The van der Waals surface area contributed by atoms with E-state index in [1.165, 1.54) is 24.3 Å². The molecule has 1 heterocycles. The number of anilines is 1. The molecular weight excluding hydrogens is 483 g/mol. The third kappa shape index (κ3) is 5.84. The quantitative estimate of drug-likeness (QED) is 0.244. The number of fused-ring (bicyclic) bond motifs is 1. The van der Waals surface area contributed by atoms with Crippen LogP contribution in [0.4, 0.5) is 10.1 Å². The molecule has 0 fully saturated rings. The van der Waals surface area contributed by atoms with Gasteiger partial charge in [0.1, 0.15) is 18.2 Å². The highest BCUT2D eigenvalue weighted by Gasteiger charge is 2.16. The van der Waals surface area contributed by atoms with Crippen LogP contribution >= 0.6 is 11.6 Å². The van der Waals surface area contributed by atoms with Crippen molar-refractivity contribution in [2.24, 2.45) is 0 Å². The Labute approximate surface area is 200 Å². The number of ether oxygens (including phenoxy) is 1. The first-order chi connectivity index (χ1) is 16.3. The average Bonchev–Trinajstić information content (AvgIpc) is 3.18. The number of halogens is 2. The van der Waals surface area contributed by atoms with E-state index in [1.807, 2.05) is 6.07 Å². The van der Waals surface area contributed by atoms with Crippen LogP contribution in [-0.2, 0) is 10.0 Å². The first-order valence-electron chi connectivity index (χ1n) is 10.4. The molecule has 3 aromatic carbocycles. The van der Waals surface area contributed by atoms with Crippen LogP contribution in [0.1, 0.15) is 11.7 Å². The lowest BCUT2D eigenvalue weighted by Gasteiger charge is -2.15. The van der Waals surface area contributed by atoms with Crippen LogP contribution in [0.25, 0.3) is 10.9 Å². The number of H-pyrrole nitrogens is 1. The molecule has 0 saturated heterocycles. The Balaban J connectivity index is 1.27. The number of aromatic nitrogens is 2. The van der Waals surface area contributed by atoms with Crippen LogP contribution < -0.4 is 14.8 Å². The number of nitrogens with one attached hydrogen (secondary N) is 3. The summed E-state index contributed by atoms with van der Waals surface area (Å²) < 4.78 is 46.5. The van der Waals surface area contributed by atoms with Gasteiger partial charge in [0.25, 0.3) is 10.0 Å². The molecule has 0 saturated carbocycles. The molecule has 11 heteroatoms. The number of nitrogens with zero attached hydrogens (tertiary/aromatic N) is 1. The second-order valence-corrected chi connectivity index (χ2v) is 9.52. The van der Waals surface area contributed by atoms with E-state index in [2.05, 4.69) is 20.2 Å². The Kier molecular flexibility index (Phi) is 7.32. The van der Waals surface area contributed by atoms with Crippen LogP contribution in [0.2, 0.25) is 5.15 Å². The van der Waals surface area contributed by atoms with E-state index in [9.17, 15) is 17.9 Å². The molecule has 0 aliphatic heterocycles. The Morgan fingerprint density at radius 1 is 1.12 bits per heavy atom. The van der Waals surface area contributed by atoms with Crippen molar-refractivity contribution in [3.05, 3.63) is 83.3 Å². The Morgan fingerprint density at radius 3 is 2.76 bits per heavy atom. The summed E-state index contributed by atoms with van der Waals surface area (Å²) in [6, 6.07) is 16.6. The van der Waals surface area contributed by atoms with Gasteiger partial charge in [0.15, 0.2) is 5.15 Å². The Hall–Kier alpha value is -3.18. The van der Waals surface area contributed by atoms with Gasteiger partial charge in [0, 0.05) is 30.2 Å². The van der Waals surface area contributed by atoms with Crippen molar-refractivity contribution in [2.45, 2.75) is 11.0 Å². The smallest absolute Gasteiger partial charge is 0.261 e. The van der Waals surface area contributed by atoms with Crippen molar-refractivity contribution < 1.29 is 22.7 Å². The summed E-state index contributed by atoms with van der Waals surface area (Å²) in [7, 11) is -3.96. The summed E-state index contributed by atoms with van der Waals surface area (Å²) >= 11 is 5.96. The summed E-state index contributed by atoms with van der Waals surface area (Å²) in [4.78, 5) is -0.185. The number of aromatic amines is 1. The molecule has 4 rings (SSSR count). The zero-order valence-corrected chi connectivity index (χ0v) is 19.4. The van der Waals surface area contributed by atoms with E-state index in [1.54, 1.807) is 30.3 Å². The predicted molar refractivity (Wildman–Crippen MR) is 128 cm³/mol. The van der Waals surface area contributed by atoms with Gasteiger partial charge in [0.2, 0.25) is 0 Å². The van der Waals surface area contributed by atoms with E-state index in [4.69, 9.17) is 16.3 Å². The van der Waals surface area contributed by atoms with E-state index < -0.39 is 21.9 Å². The molecule has 1 atom stereocenters. The second kappa shape index (κ2) is 10.4. The zero-order valence-electron chi connectivity index (χ0n) is 17.8. The summed E-state index contributed by atoms with van der Waals surface area (Å²) in [5.74, 6) is 0.0156. The van der Waals surface area contributed by atoms with Gasteiger partial charge in [-0.2, -0.15) is 5.10 Å². The van der Waals surface area contributed by atoms with Gasteiger partial charge in [-0.1, -0.05) is 29.8 Å². The predicted octanol–water partition coefficient (Wildman–Crippen LogP) is 3.86. The van der Waals surface area contributed by atoms with Crippen LogP contribution in [0.5, 0.6) is 5.75 Å². The highest BCUT2D eigenvalue weighted by Crippen LogP contribution is 2.24. The Bertz CT molecular complexity index is 1400. The number of sulfonamides is 1. The van der Waals surface area contributed by atoms with Crippen molar-refractivity contribution in [3.63, 3.8) is 0 Å². The third-order valence-electron chi connectivity index (χ3n) is 5.00. The molecule has 1 aromatic heterocycles. The second-order valence-electron chi connectivity index (χ2n) is 7.48. The highest BCUT2D eigenvalue weighted by atomic mass is 35.5. The topological polar surface area (TPSA) is 116 Å². The maximum absolute atomic E-state index is 13.4. The molecule has 0 amide bonds. The van der Waals surface area contributed by atoms with Gasteiger partial charge in [-0.25, -0.2) is 12.8 Å². The maximum atomic E-state index is 13.4. The molecule has 0 radical (unpaired) electrons. The highest BCUT2D eigenvalue weighted by molar-refractivity contribution is 7.92. The molecule has 0 bridgehead atoms. The largest absolute Gasteiger partial charge is 0.492 e. The molecule has 0 aliphatic rings. The molecular formula is C23H22ClFN4O4S. The van der Waals surface area contributed by atoms with E-state index in [0.29, 0.717) is 29.6 Å². The molecule has 178 valence electrons. The fourth-order valence-electron chi connectivity index (χ4n) is 3.31. The number of hydrogen-bond donors (Lipinski definition) is 4. The number of aliphatic hydroxyl groups excluding tert-OH is 1. The van der Waals surface area contributed by atoms with E-state index in [-0.39, 0.29) is 17.1 Å². The summed E-state index contributed by atoms with van der Waals surface area (Å²) in [6.45, 7) is 1.08. The molecule has 0 unspecified atom stereocenters. The molecule has 0 aliphatic carbocycles. The maximum Gasteiger partial charge on any atom is 0.261 e. The molecule has 4 N–H and O–H groups in total. The van der Waals surface area contributed by atoms with E-state index in [0.717, 1.165) is 17.0 Å². The monoisotopic (exact) mass is 504 g/mol. The fourth-order valence-corrected chi connectivity index (χ4v) is 4.60. The van der Waals surface area contributed by atoms with Crippen LogP contribution in [0, 0.1) is 5.82 Å². The summed E-state index contributed by atoms with van der Waals surface area (Å²) in [6.07, 6.45) is -0.873. The number of hydrogen-bond acceptors (Lipinski definition) is 6. The van der Waals surface area contributed by atoms with Gasteiger partial charge >= 0.3 is 0 Å². The first kappa shape index (κ1) is 24.0. The fraction of sp³-hybridized carbons (Fsp3) is 0.174. The van der Waals surface area contributed by atoms with Crippen molar-refractivity contribution in [3.8, 4) is 5.75 Å². The van der Waals surface area contributed by atoms with Crippen LogP contribution in [-0.4, -0.2) is 43.4 Å². The lowest BCUT2D eigenvalue weighted by molar-refractivity contribution is 0.172. The van der Waals surface area contributed by atoms with Gasteiger partial charge in [-0.15, -0.1) is 0 Å². The molecule has 8 nitrogen and oxygen atoms in total. The van der Waals surface area contributed by atoms with Crippen molar-refractivity contribution >= 4 is 38.2 Å². The van der Waals surface area contributed by atoms with Crippen molar-refractivity contribution in [1.29, 1.82) is 0 Å². The minimum atomic E-state index is -3.96. The lowest BCUT2D eigenvalue weighted by Crippen LogP contribution is -2.26. The SMILES string of the molecule is O=S(=O)(Nc1cccc([C@@H](O)CNCCOc2ccc3c(Cl)n[nH]c3c2)c1)c1cccc(F)c1. The lowest BCUT2D eigenvalue weighted by atomic mass is 10.1. The number of aliphatic hydroxyl groups is 1. The first-order valence-corrected chi connectivity index (χ1v) is 12.2. The number of rotatable bonds is 10. The van der Waals surface area contributed by atoms with Crippen LogP contribution in [0.3, 0.4) is 0 Å². The van der Waals surface area contributed by atoms with Gasteiger partial charge in [-0.05, 0) is 48.0 Å². The van der Waals surface area contributed by atoms with Gasteiger partial charge < -0.3 is 15.2 Å². The standard InChI is InChI=1S/C23H22ClFN4O4S/c24-23-20-8-7-18(13-21(20)27-28-23)33-10-9-26-14-22(30)15-3-1-5-17(11-15)29-34(31,32)19-6-2-4-16(25)12-19/h1-8,11-13,22,26,29-30H,9-10,14H2,(H,27,28)/t22-/m0/s1. The zero-order chi connectivity index (χ0) is 24.1. The van der Waals surface area contributed by atoms with Crippen molar-refractivity contribution in [1.82, 2.24) is 15.5 Å². The minimum absolute atomic E-state index is 0.185. The van der Waals surface area contributed by atoms with Gasteiger partial charge in [-0.3, -0.25) is 9.82 Å². The van der Waals surface area contributed by atoms with Crippen molar-refractivity contribution in [2.75, 3.05) is 24.4 Å². The molecule has 4 aromatic rings. The van der Waals surface area contributed by atoms with Crippen LogP contribution in [0.15, 0.2) is 71.6 Å². The normalized spacial score (nSPS) is 12.6. The summed E-state index contributed by atoms with van der Waals surface area (Å²) in [5, 5.41) is 21.6. The number of benzene rings is 3.